The van der Waals surface area contributed by atoms with Gasteiger partial charge in [0.05, 0.1) is 11.9 Å². The summed E-state index contributed by atoms with van der Waals surface area (Å²) < 4.78 is 0. The second kappa shape index (κ2) is 5.33. The molecule has 102 valence electrons. The van der Waals surface area contributed by atoms with Gasteiger partial charge in [0.25, 0.3) is 0 Å². The molecular formula is C16H17N3O. The van der Waals surface area contributed by atoms with Crippen molar-refractivity contribution in [3.8, 4) is 0 Å². The van der Waals surface area contributed by atoms with Crippen molar-refractivity contribution >= 4 is 17.3 Å². The molecule has 0 bridgehead atoms. The molecule has 0 aliphatic carbocycles. The molecular weight excluding hydrogens is 250 g/mol. The Morgan fingerprint density at radius 2 is 2.05 bits per heavy atom. The number of nitrogens with two attached hydrogens (primary N) is 1. The molecule has 4 heteroatoms. The average molecular weight is 267 g/mol. The van der Waals surface area contributed by atoms with E-state index in [1.165, 1.54) is 0 Å². The van der Waals surface area contributed by atoms with Crippen LogP contribution >= 0.6 is 0 Å². The molecule has 1 amide bonds. The molecule has 0 unspecified atom stereocenters. The smallest absolute Gasteiger partial charge is 0.227 e. The molecule has 3 rings (SSSR count). The maximum absolute atomic E-state index is 12.1. The van der Waals surface area contributed by atoms with Gasteiger partial charge in [0.2, 0.25) is 5.91 Å². The number of rotatable bonds is 3. The van der Waals surface area contributed by atoms with Gasteiger partial charge in [-0.05, 0) is 36.1 Å². The van der Waals surface area contributed by atoms with E-state index in [9.17, 15) is 4.79 Å². The number of carbonyl (C=O) groups is 1. The predicted molar refractivity (Wildman–Crippen MR) is 79.3 cm³/mol. The van der Waals surface area contributed by atoms with E-state index in [0.717, 1.165) is 24.2 Å². The van der Waals surface area contributed by atoms with Gasteiger partial charge in [0, 0.05) is 24.8 Å². The van der Waals surface area contributed by atoms with Crippen LogP contribution in [0.3, 0.4) is 0 Å². The van der Waals surface area contributed by atoms with Gasteiger partial charge >= 0.3 is 0 Å². The zero-order chi connectivity index (χ0) is 13.9. The Labute approximate surface area is 118 Å². The highest BCUT2D eigenvalue weighted by molar-refractivity contribution is 5.95. The van der Waals surface area contributed by atoms with Gasteiger partial charge in [-0.2, -0.15) is 0 Å². The fraction of sp³-hybridized carbons (Fsp3) is 0.250. The summed E-state index contributed by atoms with van der Waals surface area (Å²) in [5, 5.41) is 0. The van der Waals surface area contributed by atoms with E-state index in [0.29, 0.717) is 18.0 Å². The van der Waals surface area contributed by atoms with Crippen molar-refractivity contribution in [1.29, 1.82) is 0 Å². The summed E-state index contributed by atoms with van der Waals surface area (Å²) in [7, 11) is 0. The zero-order valence-electron chi connectivity index (χ0n) is 11.2. The first kappa shape index (κ1) is 12.7. The number of para-hydroxylation sites is 1. The third kappa shape index (κ3) is 2.50. The maximum atomic E-state index is 12.1. The lowest BCUT2D eigenvalue weighted by Crippen LogP contribution is -2.24. The fourth-order valence-corrected chi connectivity index (χ4v) is 2.71. The Hall–Kier alpha value is -2.36. The van der Waals surface area contributed by atoms with E-state index in [1.54, 1.807) is 12.4 Å². The van der Waals surface area contributed by atoms with Crippen molar-refractivity contribution in [3.63, 3.8) is 0 Å². The first-order valence-corrected chi connectivity index (χ1v) is 6.78. The van der Waals surface area contributed by atoms with E-state index in [1.807, 2.05) is 41.3 Å². The number of hydrogen-bond donors (Lipinski definition) is 1. The van der Waals surface area contributed by atoms with Crippen molar-refractivity contribution < 1.29 is 4.79 Å². The molecule has 4 nitrogen and oxygen atoms in total. The standard InChI is InChI=1S/C16H17N3O/c17-15-10-18-7-6-13(15)8-12-9-16(20)19(11-12)14-4-2-1-3-5-14/h1-7,10,12H,8-9,11,17H2/t12-/m0/s1. The van der Waals surface area contributed by atoms with Crippen molar-refractivity contribution in [2.75, 3.05) is 17.2 Å². The van der Waals surface area contributed by atoms with Gasteiger partial charge in [-0.15, -0.1) is 0 Å². The third-order valence-electron chi connectivity index (χ3n) is 3.73. The Balaban J connectivity index is 1.73. The molecule has 2 heterocycles. The lowest BCUT2D eigenvalue weighted by molar-refractivity contribution is -0.117. The van der Waals surface area contributed by atoms with E-state index in [-0.39, 0.29) is 5.91 Å². The van der Waals surface area contributed by atoms with Gasteiger partial charge < -0.3 is 10.6 Å². The van der Waals surface area contributed by atoms with Crippen molar-refractivity contribution in [1.82, 2.24) is 4.98 Å². The van der Waals surface area contributed by atoms with Crippen LogP contribution in [-0.2, 0) is 11.2 Å². The SMILES string of the molecule is Nc1cnccc1C[C@H]1CC(=O)N(c2ccccc2)C1. The highest BCUT2D eigenvalue weighted by Gasteiger charge is 2.30. The number of nitrogens with zero attached hydrogens (tertiary/aromatic N) is 2. The van der Waals surface area contributed by atoms with Gasteiger partial charge in [-0.1, -0.05) is 18.2 Å². The summed E-state index contributed by atoms with van der Waals surface area (Å²) in [5.41, 5.74) is 8.68. The molecule has 1 aliphatic heterocycles. The number of anilines is 2. The van der Waals surface area contributed by atoms with Gasteiger partial charge in [-0.3, -0.25) is 9.78 Å². The second-order valence-corrected chi connectivity index (χ2v) is 5.19. The minimum atomic E-state index is 0.189. The number of carbonyl (C=O) groups excluding carboxylic acids is 1. The number of aromatic nitrogens is 1. The molecule has 1 aromatic carbocycles. The summed E-state index contributed by atoms with van der Waals surface area (Å²) in [6.45, 7) is 0.755. The van der Waals surface area contributed by atoms with E-state index < -0.39 is 0 Å². The Morgan fingerprint density at radius 3 is 2.80 bits per heavy atom. The number of nitrogen functional groups attached to an aromatic ring is 1. The van der Waals surface area contributed by atoms with Crippen molar-refractivity contribution in [3.05, 3.63) is 54.4 Å². The topological polar surface area (TPSA) is 59.2 Å². The third-order valence-corrected chi connectivity index (χ3v) is 3.73. The lowest BCUT2D eigenvalue weighted by atomic mass is 9.98. The van der Waals surface area contributed by atoms with Gasteiger partial charge in [0.15, 0.2) is 0 Å². The molecule has 1 atom stereocenters. The lowest BCUT2D eigenvalue weighted by Gasteiger charge is -2.16. The van der Waals surface area contributed by atoms with Gasteiger partial charge in [0.1, 0.15) is 0 Å². The normalized spacial score (nSPS) is 18.5. The van der Waals surface area contributed by atoms with Crippen LogP contribution in [0.1, 0.15) is 12.0 Å². The Morgan fingerprint density at radius 1 is 1.25 bits per heavy atom. The van der Waals surface area contributed by atoms with Crippen LogP contribution in [0.5, 0.6) is 0 Å². The first-order chi connectivity index (χ1) is 9.74. The minimum Gasteiger partial charge on any atom is -0.397 e. The number of pyridine rings is 1. The molecule has 0 saturated carbocycles. The van der Waals surface area contributed by atoms with Crippen LogP contribution in [-0.4, -0.2) is 17.4 Å². The molecule has 0 spiro atoms. The van der Waals surface area contributed by atoms with E-state index in [4.69, 9.17) is 5.73 Å². The summed E-state index contributed by atoms with van der Waals surface area (Å²) >= 11 is 0. The van der Waals surface area contributed by atoms with Crippen LogP contribution in [0.15, 0.2) is 48.8 Å². The predicted octanol–water partition coefficient (Wildman–Crippen LogP) is 2.26. The monoisotopic (exact) mass is 267 g/mol. The summed E-state index contributed by atoms with van der Waals surface area (Å²) in [4.78, 5) is 18.0. The van der Waals surface area contributed by atoms with Crippen molar-refractivity contribution in [2.45, 2.75) is 12.8 Å². The molecule has 20 heavy (non-hydrogen) atoms. The van der Waals surface area contributed by atoms with Crippen LogP contribution in [0, 0.1) is 5.92 Å². The van der Waals surface area contributed by atoms with Crippen LogP contribution in [0.4, 0.5) is 11.4 Å². The summed E-state index contributed by atoms with van der Waals surface area (Å²) in [6.07, 6.45) is 4.82. The summed E-state index contributed by atoms with van der Waals surface area (Å²) in [6, 6.07) is 11.7. The number of benzene rings is 1. The van der Waals surface area contributed by atoms with Crippen LogP contribution < -0.4 is 10.6 Å². The Bertz CT molecular complexity index is 612. The molecule has 1 aliphatic rings. The zero-order valence-corrected chi connectivity index (χ0v) is 11.2. The number of hydrogen-bond acceptors (Lipinski definition) is 3. The Kier molecular flexibility index (Phi) is 3.37. The molecule has 2 aromatic rings. The van der Waals surface area contributed by atoms with Gasteiger partial charge in [-0.25, -0.2) is 0 Å². The largest absolute Gasteiger partial charge is 0.397 e. The van der Waals surface area contributed by atoms with Crippen LogP contribution in [0.2, 0.25) is 0 Å². The van der Waals surface area contributed by atoms with Crippen LogP contribution in [0.25, 0.3) is 0 Å². The van der Waals surface area contributed by atoms with E-state index in [2.05, 4.69) is 4.98 Å². The fourth-order valence-electron chi connectivity index (χ4n) is 2.71. The first-order valence-electron chi connectivity index (χ1n) is 6.78. The molecule has 2 N–H and O–H groups in total. The molecule has 1 fully saturated rings. The average Bonchev–Trinajstić information content (AvgIpc) is 2.83. The molecule has 1 aromatic heterocycles. The van der Waals surface area contributed by atoms with E-state index >= 15 is 0 Å². The highest BCUT2D eigenvalue weighted by Crippen LogP contribution is 2.28. The summed E-state index contributed by atoms with van der Waals surface area (Å²) in [5.74, 6) is 0.501. The minimum absolute atomic E-state index is 0.189. The van der Waals surface area contributed by atoms with Crippen molar-refractivity contribution in [2.24, 2.45) is 5.92 Å². The maximum Gasteiger partial charge on any atom is 0.227 e. The quantitative estimate of drug-likeness (QED) is 0.928. The number of amides is 1. The molecule has 0 radical (unpaired) electrons. The molecule has 1 saturated heterocycles. The second-order valence-electron chi connectivity index (χ2n) is 5.19. The highest BCUT2D eigenvalue weighted by atomic mass is 16.2.